The third-order valence-corrected chi connectivity index (χ3v) is 4.96. The molecule has 1 aliphatic heterocycles. The second-order valence-corrected chi connectivity index (χ2v) is 6.34. The molecule has 0 aromatic heterocycles. The van der Waals surface area contributed by atoms with Gasteiger partial charge in [0.05, 0.1) is 22.2 Å². The second-order valence-electron chi connectivity index (χ2n) is 4.87. The highest BCUT2D eigenvalue weighted by Gasteiger charge is 2.25. The van der Waals surface area contributed by atoms with E-state index in [1.165, 1.54) is 23.1 Å². The maximum atomic E-state index is 12.4. The summed E-state index contributed by atoms with van der Waals surface area (Å²) in [6.45, 7) is 0. The average Bonchev–Trinajstić information content (AvgIpc) is 2.90. The Labute approximate surface area is 136 Å². The predicted molar refractivity (Wildman–Crippen MR) is 85.8 cm³/mol. The number of carboxylic acid groups (broad SMARTS) is 1. The molecule has 4 nitrogen and oxygen atoms in total. The highest BCUT2D eigenvalue weighted by atomic mass is 35.5. The first kappa shape index (κ1) is 14.9. The summed E-state index contributed by atoms with van der Waals surface area (Å²) in [6, 6.07) is 12.0. The van der Waals surface area contributed by atoms with E-state index in [1.807, 2.05) is 24.3 Å². The van der Waals surface area contributed by atoms with E-state index in [9.17, 15) is 9.59 Å². The molecule has 22 heavy (non-hydrogen) atoms. The first-order valence-electron chi connectivity index (χ1n) is 6.61. The number of hydrogen-bond donors (Lipinski definition) is 2. The number of carbonyl (C=O) groups is 2. The molecule has 2 N–H and O–H groups in total. The fourth-order valence-corrected chi connectivity index (χ4v) is 3.78. The lowest BCUT2D eigenvalue weighted by molar-refractivity contribution is 0.0696. The lowest BCUT2D eigenvalue weighted by Gasteiger charge is -2.14. The van der Waals surface area contributed by atoms with Crippen molar-refractivity contribution < 1.29 is 14.7 Å². The SMILES string of the molecule is O=C(O)c1ccc(C(=O)NC2CSc3ccccc32)c(Cl)c1. The van der Waals surface area contributed by atoms with Gasteiger partial charge in [-0.15, -0.1) is 11.8 Å². The third-order valence-electron chi connectivity index (χ3n) is 3.47. The summed E-state index contributed by atoms with van der Waals surface area (Å²) in [7, 11) is 0. The maximum Gasteiger partial charge on any atom is 0.335 e. The largest absolute Gasteiger partial charge is 0.478 e. The molecule has 1 unspecified atom stereocenters. The zero-order valence-electron chi connectivity index (χ0n) is 11.4. The number of carbonyl (C=O) groups excluding carboxylic acids is 1. The lowest BCUT2D eigenvalue weighted by atomic mass is 10.1. The van der Waals surface area contributed by atoms with Gasteiger partial charge in [-0.05, 0) is 29.8 Å². The lowest BCUT2D eigenvalue weighted by Crippen LogP contribution is -2.28. The quantitative estimate of drug-likeness (QED) is 0.900. The number of halogens is 1. The Kier molecular flexibility index (Phi) is 4.09. The van der Waals surface area contributed by atoms with E-state index < -0.39 is 5.97 Å². The molecule has 1 aliphatic rings. The Morgan fingerprint density at radius 1 is 1.23 bits per heavy atom. The van der Waals surface area contributed by atoms with Gasteiger partial charge in [0, 0.05) is 10.6 Å². The fraction of sp³-hybridized carbons (Fsp3) is 0.125. The zero-order valence-corrected chi connectivity index (χ0v) is 12.9. The van der Waals surface area contributed by atoms with Crippen molar-refractivity contribution in [1.29, 1.82) is 0 Å². The summed E-state index contributed by atoms with van der Waals surface area (Å²) in [4.78, 5) is 24.4. The van der Waals surface area contributed by atoms with Crippen molar-refractivity contribution in [2.24, 2.45) is 0 Å². The number of nitrogens with one attached hydrogen (secondary N) is 1. The van der Waals surface area contributed by atoms with Crippen molar-refractivity contribution in [3.05, 3.63) is 64.2 Å². The van der Waals surface area contributed by atoms with Crippen molar-refractivity contribution in [3.63, 3.8) is 0 Å². The molecule has 0 aliphatic carbocycles. The number of rotatable bonds is 3. The molecule has 0 radical (unpaired) electrons. The fourth-order valence-electron chi connectivity index (χ4n) is 2.35. The van der Waals surface area contributed by atoms with Crippen molar-refractivity contribution >= 4 is 35.2 Å². The molecular weight excluding hydrogens is 322 g/mol. The first-order chi connectivity index (χ1) is 10.6. The Morgan fingerprint density at radius 3 is 2.73 bits per heavy atom. The van der Waals surface area contributed by atoms with Crippen LogP contribution in [-0.4, -0.2) is 22.7 Å². The van der Waals surface area contributed by atoms with Crippen LogP contribution in [0.5, 0.6) is 0 Å². The van der Waals surface area contributed by atoms with Crippen molar-refractivity contribution in [2.75, 3.05) is 5.75 Å². The summed E-state index contributed by atoms with van der Waals surface area (Å²) in [5, 5.41) is 12.0. The van der Waals surface area contributed by atoms with Crippen molar-refractivity contribution in [3.8, 4) is 0 Å². The molecule has 2 aromatic rings. The smallest absolute Gasteiger partial charge is 0.335 e. The van der Waals surface area contributed by atoms with Crippen molar-refractivity contribution in [1.82, 2.24) is 5.32 Å². The minimum atomic E-state index is -1.07. The van der Waals surface area contributed by atoms with Gasteiger partial charge < -0.3 is 10.4 Å². The van der Waals surface area contributed by atoms with E-state index in [4.69, 9.17) is 16.7 Å². The summed E-state index contributed by atoms with van der Waals surface area (Å²) in [5.41, 5.74) is 1.43. The van der Waals surface area contributed by atoms with Gasteiger partial charge in [-0.2, -0.15) is 0 Å². The predicted octanol–water partition coefficient (Wildman–Crippen LogP) is 3.62. The molecule has 2 aromatic carbocycles. The van der Waals surface area contributed by atoms with Crippen LogP contribution >= 0.6 is 23.4 Å². The van der Waals surface area contributed by atoms with E-state index in [1.54, 1.807) is 11.8 Å². The molecule has 3 rings (SSSR count). The molecule has 6 heteroatoms. The summed E-state index contributed by atoms with van der Waals surface area (Å²) in [6.07, 6.45) is 0. The van der Waals surface area contributed by atoms with Crippen LogP contribution in [0.2, 0.25) is 5.02 Å². The van der Waals surface area contributed by atoms with Gasteiger partial charge in [0.2, 0.25) is 0 Å². The Bertz CT molecular complexity index is 763. The number of carboxylic acids is 1. The van der Waals surface area contributed by atoms with Gasteiger partial charge in [0.1, 0.15) is 0 Å². The van der Waals surface area contributed by atoms with Gasteiger partial charge in [-0.1, -0.05) is 29.8 Å². The zero-order chi connectivity index (χ0) is 15.7. The summed E-state index contributed by atoms with van der Waals surface area (Å²) >= 11 is 7.72. The van der Waals surface area contributed by atoms with Gasteiger partial charge in [0.15, 0.2) is 0 Å². The van der Waals surface area contributed by atoms with Gasteiger partial charge in [-0.3, -0.25) is 4.79 Å². The Balaban J connectivity index is 1.80. The maximum absolute atomic E-state index is 12.4. The molecular formula is C16H12ClNO3S. The monoisotopic (exact) mass is 333 g/mol. The molecule has 0 bridgehead atoms. The minimum Gasteiger partial charge on any atom is -0.478 e. The minimum absolute atomic E-state index is 0.0586. The van der Waals surface area contributed by atoms with E-state index in [-0.39, 0.29) is 28.1 Å². The molecule has 0 saturated carbocycles. The summed E-state index contributed by atoms with van der Waals surface area (Å²) < 4.78 is 0. The molecule has 0 saturated heterocycles. The number of thioether (sulfide) groups is 1. The number of hydrogen-bond acceptors (Lipinski definition) is 3. The van der Waals surface area contributed by atoms with E-state index in [0.29, 0.717) is 0 Å². The number of fused-ring (bicyclic) bond motifs is 1. The second kappa shape index (κ2) is 6.02. The topological polar surface area (TPSA) is 66.4 Å². The number of aromatic carboxylic acids is 1. The molecule has 112 valence electrons. The Morgan fingerprint density at radius 2 is 2.00 bits per heavy atom. The van der Waals surface area contributed by atoms with Gasteiger partial charge >= 0.3 is 5.97 Å². The van der Waals surface area contributed by atoms with Gasteiger partial charge in [-0.25, -0.2) is 4.79 Å². The van der Waals surface area contributed by atoms with E-state index >= 15 is 0 Å². The van der Waals surface area contributed by atoms with Gasteiger partial charge in [0.25, 0.3) is 5.91 Å². The van der Waals surface area contributed by atoms with Crippen LogP contribution in [0.1, 0.15) is 32.3 Å². The molecule has 1 atom stereocenters. The molecule has 1 amide bonds. The van der Waals surface area contributed by atoms with Crippen LogP contribution < -0.4 is 5.32 Å². The van der Waals surface area contributed by atoms with Crippen LogP contribution in [-0.2, 0) is 0 Å². The van der Waals surface area contributed by atoms with Crippen LogP contribution in [0.3, 0.4) is 0 Å². The summed E-state index contributed by atoms with van der Waals surface area (Å²) in [5.74, 6) is -0.602. The normalized spacial score (nSPS) is 16.1. The molecule has 0 spiro atoms. The highest BCUT2D eigenvalue weighted by molar-refractivity contribution is 7.99. The highest BCUT2D eigenvalue weighted by Crippen LogP contribution is 2.37. The molecule has 1 heterocycles. The average molecular weight is 334 g/mol. The first-order valence-corrected chi connectivity index (χ1v) is 7.98. The van der Waals surface area contributed by atoms with E-state index in [0.717, 1.165) is 11.3 Å². The number of amides is 1. The van der Waals surface area contributed by atoms with Crippen molar-refractivity contribution in [2.45, 2.75) is 10.9 Å². The van der Waals surface area contributed by atoms with Crippen LogP contribution in [0.4, 0.5) is 0 Å². The number of benzene rings is 2. The Hall–Kier alpha value is -1.98. The third kappa shape index (κ3) is 2.82. The molecule has 0 fully saturated rings. The van der Waals surface area contributed by atoms with Crippen LogP contribution in [0.25, 0.3) is 0 Å². The van der Waals surface area contributed by atoms with Crippen LogP contribution in [0, 0.1) is 0 Å². The standard InChI is InChI=1S/C16H12ClNO3S/c17-12-7-9(16(20)21)5-6-10(12)15(19)18-13-8-22-14-4-2-1-3-11(13)14/h1-7,13H,8H2,(H,18,19)(H,20,21). The van der Waals surface area contributed by atoms with E-state index in [2.05, 4.69) is 5.32 Å². The van der Waals surface area contributed by atoms with Crippen LogP contribution in [0.15, 0.2) is 47.4 Å².